The molecule has 0 fully saturated rings. The summed E-state index contributed by atoms with van der Waals surface area (Å²) >= 11 is 0. The van der Waals surface area contributed by atoms with Gasteiger partial charge in [0.15, 0.2) is 0 Å². The lowest BCUT2D eigenvalue weighted by Crippen LogP contribution is -2.50. The van der Waals surface area contributed by atoms with Crippen molar-refractivity contribution in [3.63, 3.8) is 0 Å². The Morgan fingerprint density at radius 3 is 2.42 bits per heavy atom. The monoisotopic (exact) mass is 562 g/mol. The molecule has 0 radical (unpaired) electrons. The molecule has 1 heterocycles. The molecule has 0 saturated carbocycles. The smallest absolute Gasteiger partial charge is 0.247 e. The van der Waals surface area contributed by atoms with Crippen LogP contribution in [0.3, 0.4) is 0 Å². The summed E-state index contributed by atoms with van der Waals surface area (Å²) in [5.41, 5.74) is 1.07. The van der Waals surface area contributed by atoms with Gasteiger partial charge in [0.05, 0.1) is 18.0 Å². The van der Waals surface area contributed by atoms with E-state index < -0.39 is 50.5 Å². The van der Waals surface area contributed by atoms with Gasteiger partial charge in [-0.3, -0.25) is 0 Å². The maximum atomic E-state index is 13.9. The molecule has 0 saturated heterocycles. The van der Waals surface area contributed by atoms with Gasteiger partial charge in [-0.25, -0.2) is 21.2 Å². The highest BCUT2D eigenvalue weighted by Crippen LogP contribution is 2.37. The zero-order chi connectivity index (χ0) is 27.7. The van der Waals surface area contributed by atoms with Crippen LogP contribution >= 0.6 is 0 Å². The van der Waals surface area contributed by atoms with Gasteiger partial charge in [-0.2, -0.15) is 8.61 Å². The highest BCUT2D eigenvalue weighted by atomic mass is 32.2. The van der Waals surface area contributed by atoms with Crippen molar-refractivity contribution in [3.8, 4) is 16.9 Å². The molecule has 0 aromatic heterocycles. The first-order valence-electron chi connectivity index (χ1n) is 12.2. The lowest BCUT2D eigenvalue weighted by Gasteiger charge is -2.37. The van der Waals surface area contributed by atoms with Gasteiger partial charge < -0.3 is 9.84 Å². The van der Waals surface area contributed by atoms with E-state index in [0.717, 1.165) is 0 Å². The van der Waals surface area contributed by atoms with Gasteiger partial charge >= 0.3 is 0 Å². The second kappa shape index (κ2) is 11.1. The van der Waals surface area contributed by atoms with Crippen LogP contribution in [0.1, 0.15) is 13.8 Å². The van der Waals surface area contributed by atoms with Crippen LogP contribution in [0.25, 0.3) is 11.1 Å². The van der Waals surface area contributed by atoms with Crippen molar-refractivity contribution in [2.24, 2.45) is 5.92 Å². The molecule has 38 heavy (non-hydrogen) atoms. The lowest BCUT2D eigenvalue weighted by atomic mass is 10.0. The summed E-state index contributed by atoms with van der Waals surface area (Å²) in [6, 6.07) is 17.7. The topological polar surface area (TPSA) is 104 Å². The van der Waals surface area contributed by atoms with Gasteiger partial charge in [-0.05, 0) is 54.4 Å². The Morgan fingerprint density at radius 1 is 1.08 bits per heavy atom. The molecule has 204 valence electrons. The van der Waals surface area contributed by atoms with Crippen LogP contribution in [0.5, 0.6) is 5.75 Å². The molecule has 0 bridgehead atoms. The standard InChI is InChI=1S/C27H31FN2O6S2/c1-19-16-30(20(2)18-31)38(34,35)27-13-12-22(21-8-7-9-23(28)14-21)15-25(27)36-26(19)17-29(3)37(32,33)24-10-5-4-6-11-24/h4-15,19-20,26,31H,16-18H2,1-3H3/t19-,20+,26-/m0/s1. The minimum absolute atomic E-state index is 0.0129. The Balaban J connectivity index is 1.78. The van der Waals surface area contributed by atoms with Gasteiger partial charge in [-0.1, -0.05) is 43.3 Å². The number of rotatable bonds is 7. The predicted molar refractivity (Wildman–Crippen MR) is 142 cm³/mol. The van der Waals surface area contributed by atoms with E-state index in [0.29, 0.717) is 11.1 Å². The van der Waals surface area contributed by atoms with Crippen LogP contribution in [-0.4, -0.2) is 69.4 Å². The van der Waals surface area contributed by atoms with Gasteiger partial charge in [0.25, 0.3) is 0 Å². The van der Waals surface area contributed by atoms with Crippen LogP contribution in [-0.2, 0) is 20.0 Å². The number of ether oxygens (including phenoxy) is 1. The van der Waals surface area contributed by atoms with E-state index in [1.165, 1.54) is 52.1 Å². The van der Waals surface area contributed by atoms with E-state index in [1.807, 2.05) is 0 Å². The molecule has 11 heteroatoms. The normalized spacial score (nSPS) is 20.7. The average Bonchev–Trinajstić information content (AvgIpc) is 2.90. The quantitative estimate of drug-likeness (QED) is 0.472. The summed E-state index contributed by atoms with van der Waals surface area (Å²) in [5, 5.41) is 9.82. The molecule has 1 aliphatic heterocycles. The molecule has 3 aromatic carbocycles. The molecule has 3 atom stereocenters. The molecule has 1 aliphatic rings. The van der Waals surface area contributed by atoms with Crippen LogP contribution in [0.4, 0.5) is 4.39 Å². The largest absolute Gasteiger partial charge is 0.487 e. The Kier molecular flexibility index (Phi) is 8.24. The summed E-state index contributed by atoms with van der Waals surface area (Å²) in [5.74, 6) is -0.855. The highest BCUT2D eigenvalue weighted by Gasteiger charge is 2.39. The zero-order valence-corrected chi connectivity index (χ0v) is 23.0. The molecular weight excluding hydrogens is 531 g/mol. The number of fused-ring (bicyclic) bond motifs is 1. The molecule has 8 nitrogen and oxygen atoms in total. The second-order valence-electron chi connectivity index (χ2n) is 9.51. The number of nitrogens with zero attached hydrogens (tertiary/aromatic N) is 2. The van der Waals surface area contributed by atoms with Crippen molar-refractivity contribution < 1.29 is 31.1 Å². The van der Waals surface area contributed by atoms with Crippen molar-refractivity contribution in [1.82, 2.24) is 8.61 Å². The van der Waals surface area contributed by atoms with E-state index in [2.05, 4.69) is 0 Å². The molecule has 0 aliphatic carbocycles. The van der Waals surface area contributed by atoms with Crippen LogP contribution in [0.15, 0.2) is 82.6 Å². The van der Waals surface area contributed by atoms with Gasteiger partial charge in [0, 0.05) is 25.6 Å². The third-order valence-corrected chi connectivity index (χ3v) is 10.6. The molecule has 0 unspecified atom stereocenters. The lowest BCUT2D eigenvalue weighted by molar-refractivity contribution is 0.0905. The van der Waals surface area contributed by atoms with Crippen molar-refractivity contribution >= 4 is 20.0 Å². The summed E-state index contributed by atoms with van der Waals surface area (Å²) in [7, 11) is -6.46. The summed E-state index contributed by atoms with van der Waals surface area (Å²) in [4.78, 5) is 0.0244. The number of benzene rings is 3. The predicted octanol–water partition coefficient (Wildman–Crippen LogP) is 3.58. The number of hydrogen-bond donors (Lipinski definition) is 1. The Labute approximate surface area is 223 Å². The van der Waals surface area contributed by atoms with Gasteiger partial charge in [0.1, 0.15) is 22.6 Å². The van der Waals surface area contributed by atoms with Crippen molar-refractivity contribution in [1.29, 1.82) is 0 Å². The fraction of sp³-hybridized carbons (Fsp3) is 0.333. The number of aliphatic hydroxyl groups excluding tert-OH is 1. The summed E-state index contributed by atoms with van der Waals surface area (Å²) < 4.78 is 76.3. The van der Waals surface area contributed by atoms with Crippen LogP contribution < -0.4 is 4.74 Å². The Morgan fingerprint density at radius 2 is 1.76 bits per heavy atom. The molecular formula is C27H31FN2O6S2. The first kappa shape index (κ1) is 28.2. The molecule has 1 N–H and O–H groups in total. The highest BCUT2D eigenvalue weighted by molar-refractivity contribution is 7.89. The number of halogens is 1. The van der Waals surface area contributed by atoms with Crippen molar-refractivity contribution in [3.05, 3.63) is 78.6 Å². The molecule has 0 spiro atoms. The fourth-order valence-corrected chi connectivity index (χ4v) is 7.44. The Hall–Kier alpha value is -2.83. The minimum Gasteiger partial charge on any atom is -0.487 e. The maximum Gasteiger partial charge on any atom is 0.247 e. The zero-order valence-electron chi connectivity index (χ0n) is 21.4. The number of likely N-dealkylation sites (N-methyl/N-ethyl adjacent to an activating group) is 1. The number of sulfonamides is 2. The fourth-order valence-electron chi connectivity index (χ4n) is 4.42. The Bertz CT molecular complexity index is 1500. The van der Waals surface area contributed by atoms with E-state index in [-0.39, 0.29) is 28.6 Å². The summed E-state index contributed by atoms with van der Waals surface area (Å²) in [6.07, 6.45) is -0.733. The van der Waals surface area contributed by atoms with E-state index in [1.54, 1.807) is 50.2 Å². The van der Waals surface area contributed by atoms with Gasteiger partial charge in [0.2, 0.25) is 20.0 Å². The van der Waals surface area contributed by atoms with Gasteiger partial charge in [-0.15, -0.1) is 0 Å². The maximum absolute atomic E-state index is 13.9. The van der Waals surface area contributed by atoms with E-state index in [4.69, 9.17) is 4.74 Å². The number of hydrogen-bond acceptors (Lipinski definition) is 6. The minimum atomic E-state index is -4.07. The third-order valence-electron chi connectivity index (χ3n) is 6.71. The second-order valence-corrected chi connectivity index (χ2v) is 13.4. The van der Waals surface area contributed by atoms with E-state index in [9.17, 15) is 26.3 Å². The first-order valence-corrected chi connectivity index (χ1v) is 15.0. The van der Waals surface area contributed by atoms with Crippen molar-refractivity contribution in [2.75, 3.05) is 26.7 Å². The van der Waals surface area contributed by atoms with Crippen LogP contribution in [0, 0.1) is 11.7 Å². The molecule has 3 aromatic rings. The molecule has 0 amide bonds. The first-order chi connectivity index (χ1) is 17.9. The van der Waals surface area contributed by atoms with Crippen molar-refractivity contribution in [2.45, 2.75) is 35.8 Å². The summed E-state index contributed by atoms with van der Waals surface area (Å²) in [6.45, 7) is 2.95. The SMILES string of the molecule is C[C@H](CO)N1C[C@H](C)[C@H](CN(C)S(=O)(=O)c2ccccc2)Oc2cc(-c3cccc(F)c3)ccc2S1(=O)=O. The average molecular weight is 563 g/mol. The van der Waals surface area contributed by atoms with Crippen LogP contribution in [0.2, 0.25) is 0 Å². The molecule has 4 rings (SSSR count). The number of aliphatic hydroxyl groups is 1. The van der Waals surface area contributed by atoms with E-state index >= 15 is 0 Å². The third kappa shape index (κ3) is 5.62.